The van der Waals surface area contributed by atoms with Crippen LogP contribution in [0, 0.1) is 0 Å². The van der Waals surface area contributed by atoms with Crippen LogP contribution in [0.3, 0.4) is 0 Å². The van der Waals surface area contributed by atoms with Crippen molar-refractivity contribution in [1.29, 1.82) is 0 Å². The first-order valence-corrected chi connectivity index (χ1v) is 10.6. The maximum Gasteiger partial charge on any atom is 0.357 e. The summed E-state index contributed by atoms with van der Waals surface area (Å²) in [5.74, 6) is -0.842. The molecule has 1 aromatic heterocycles. The van der Waals surface area contributed by atoms with Gasteiger partial charge in [-0.1, -0.05) is 84.9 Å². The molecule has 3 aromatic carbocycles. The van der Waals surface area contributed by atoms with E-state index in [4.69, 9.17) is 4.74 Å². The Bertz CT molecular complexity index is 1190. The lowest BCUT2D eigenvalue weighted by Crippen LogP contribution is -2.36. The average Bonchev–Trinajstić information content (AvgIpc) is 2.85. The summed E-state index contributed by atoms with van der Waals surface area (Å²) in [4.78, 5) is 31.5. The number of rotatable bonds is 8. The van der Waals surface area contributed by atoms with Crippen LogP contribution < -0.4 is 0 Å². The van der Waals surface area contributed by atoms with Gasteiger partial charge in [0.15, 0.2) is 6.61 Å². The smallest absolute Gasteiger partial charge is 0.357 e. The number of aromatic nitrogens is 1. The minimum Gasteiger partial charge on any atom is -0.451 e. The second kappa shape index (κ2) is 10.4. The predicted octanol–water partition coefficient (Wildman–Crippen LogP) is 4.66. The Hall–Kier alpha value is -3.99. The number of carbonyl (C=O) groups is 2. The van der Waals surface area contributed by atoms with Gasteiger partial charge in [-0.05, 0) is 29.7 Å². The van der Waals surface area contributed by atoms with Crippen LogP contribution in [0.1, 0.15) is 21.6 Å². The lowest BCUT2D eigenvalue weighted by atomic mass is 10.1. The van der Waals surface area contributed by atoms with Crippen molar-refractivity contribution in [3.63, 3.8) is 0 Å². The van der Waals surface area contributed by atoms with Crippen LogP contribution in [-0.4, -0.2) is 34.9 Å². The quantitative estimate of drug-likeness (QED) is 0.386. The van der Waals surface area contributed by atoms with E-state index in [1.165, 1.54) is 0 Å². The van der Waals surface area contributed by atoms with Crippen LogP contribution in [0.2, 0.25) is 0 Å². The number of ether oxygens (including phenoxy) is 1. The molecule has 0 spiro atoms. The number of esters is 1. The summed E-state index contributed by atoms with van der Waals surface area (Å²) in [6.07, 6.45) is 0.722. The minimum absolute atomic E-state index is 0.190. The highest BCUT2D eigenvalue weighted by atomic mass is 16.5. The third kappa shape index (κ3) is 5.58. The van der Waals surface area contributed by atoms with Gasteiger partial charge >= 0.3 is 5.97 Å². The molecule has 5 heteroatoms. The van der Waals surface area contributed by atoms with Crippen molar-refractivity contribution in [2.75, 3.05) is 13.2 Å². The van der Waals surface area contributed by atoms with Crippen molar-refractivity contribution >= 4 is 22.8 Å². The van der Waals surface area contributed by atoms with Gasteiger partial charge < -0.3 is 9.64 Å². The van der Waals surface area contributed by atoms with Crippen LogP contribution in [0.5, 0.6) is 0 Å². The van der Waals surface area contributed by atoms with Crippen LogP contribution >= 0.6 is 0 Å². The van der Waals surface area contributed by atoms with Crippen molar-refractivity contribution in [2.45, 2.75) is 13.0 Å². The van der Waals surface area contributed by atoms with Crippen molar-refractivity contribution in [3.05, 3.63) is 114 Å². The van der Waals surface area contributed by atoms with Crippen molar-refractivity contribution in [3.8, 4) is 0 Å². The van der Waals surface area contributed by atoms with E-state index in [1.54, 1.807) is 11.0 Å². The average molecular weight is 425 g/mol. The summed E-state index contributed by atoms with van der Waals surface area (Å²) in [6.45, 7) is 0.663. The van der Waals surface area contributed by atoms with Crippen LogP contribution in [0.15, 0.2) is 97.1 Å². The molecular formula is C27H24N2O3. The number of fused-ring (bicyclic) bond motifs is 1. The fourth-order valence-corrected chi connectivity index (χ4v) is 3.48. The molecule has 4 aromatic rings. The molecule has 0 bridgehead atoms. The van der Waals surface area contributed by atoms with Crippen molar-refractivity contribution in [2.24, 2.45) is 0 Å². The van der Waals surface area contributed by atoms with E-state index in [2.05, 4.69) is 4.98 Å². The van der Waals surface area contributed by atoms with E-state index in [0.29, 0.717) is 18.6 Å². The summed E-state index contributed by atoms with van der Waals surface area (Å²) in [6, 6.07) is 30.8. The first-order valence-electron chi connectivity index (χ1n) is 10.6. The fraction of sp³-hybridized carbons (Fsp3) is 0.148. The molecule has 0 atom stereocenters. The molecule has 1 heterocycles. The number of hydrogen-bond acceptors (Lipinski definition) is 4. The molecule has 0 aliphatic heterocycles. The van der Waals surface area contributed by atoms with Gasteiger partial charge in [-0.2, -0.15) is 0 Å². The van der Waals surface area contributed by atoms with Crippen molar-refractivity contribution < 1.29 is 14.3 Å². The number of carbonyl (C=O) groups excluding carboxylic acids is 2. The fourth-order valence-electron chi connectivity index (χ4n) is 3.48. The Morgan fingerprint density at radius 2 is 1.41 bits per heavy atom. The van der Waals surface area contributed by atoms with Crippen LogP contribution in [0.4, 0.5) is 0 Å². The lowest BCUT2D eigenvalue weighted by molar-refractivity contribution is -0.135. The summed E-state index contributed by atoms with van der Waals surface area (Å²) in [5, 5.41) is 0.940. The predicted molar refractivity (Wildman–Crippen MR) is 124 cm³/mol. The molecule has 0 radical (unpaired) electrons. The molecule has 0 N–H and O–H groups in total. The van der Waals surface area contributed by atoms with Gasteiger partial charge in [-0.25, -0.2) is 9.78 Å². The minimum atomic E-state index is -0.605. The largest absolute Gasteiger partial charge is 0.451 e. The zero-order valence-electron chi connectivity index (χ0n) is 17.7. The molecule has 0 unspecified atom stereocenters. The second-order valence-electron chi connectivity index (χ2n) is 7.50. The Labute approximate surface area is 187 Å². The van der Waals surface area contributed by atoms with Crippen molar-refractivity contribution in [1.82, 2.24) is 9.88 Å². The third-order valence-electron chi connectivity index (χ3n) is 5.22. The van der Waals surface area contributed by atoms with Gasteiger partial charge in [0.1, 0.15) is 5.69 Å². The van der Waals surface area contributed by atoms with E-state index < -0.39 is 5.97 Å². The van der Waals surface area contributed by atoms with Gasteiger partial charge in [0, 0.05) is 18.5 Å². The zero-order valence-corrected chi connectivity index (χ0v) is 17.7. The highest BCUT2D eigenvalue weighted by Crippen LogP contribution is 2.13. The molecule has 32 heavy (non-hydrogen) atoms. The standard InChI is InChI=1S/C27H24N2O3/c30-26(20-32-27(31)25-16-15-23-13-7-8-14-24(23)28-25)29(19-22-11-5-2-6-12-22)18-17-21-9-3-1-4-10-21/h1-16H,17-20H2. The van der Waals surface area contributed by atoms with Crippen LogP contribution in [-0.2, 0) is 22.5 Å². The molecule has 0 fully saturated rings. The van der Waals surface area contributed by atoms with Gasteiger partial charge in [0.25, 0.3) is 5.91 Å². The Morgan fingerprint density at radius 3 is 2.16 bits per heavy atom. The zero-order chi connectivity index (χ0) is 22.2. The van der Waals surface area contributed by atoms with E-state index in [1.807, 2.05) is 91.0 Å². The monoisotopic (exact) mass is 424 g/mol. The second-order valence-corrected chi connectivity index (χ2v) is 7.50. The van der Waals surface area contributed by atoms with Gasteiger partial charge in [0.05, 0.1) is 5.52 Å². The number of nitrogens with zero attached hydrogens (tertiary/aromatic N) is 2. The van der Waals surface area contributed by atoms with Gasteiger partial charge in [-0.3, -0.25) is 4.79 Å². The highest BCUT2D eigenvalue weighted by molar-refractivity contribution is 5.92. The number of pyridine rings is 1. The topological polar surface area (TPSA) is 59.5 Å². The number of amides is 1. The summed E-state index contributed by atoms with van der Waals surface area (Å²) >= 11 is 0. The number of hydrogen-bond donors (Lipinski definition) is 0. The Morgan fingerprint density at radius 1 is 0.750 bits per heavy atom. The van der Waals surface area contributed by atoms with Crippen LogP contribution in [0.25, 0.3) is 10.9 Å². The normalized spacial score (nSPS) is 10.6. The summed E-state index contributed by atoms with van der Waals surface area (Å²) < 4.78 is 5.32. The van der Waals surface area contributed by atoms with Gasteiger partial charge in [0.2, 0.25) is 0 Å². The third-order valence-corrected chi connectivity index (χ3v) is 5.22. The summed E-state index contributed by atoms with van der Waals surface area (Å²) in [5.41, 5.74) is 3.07. The summed E-state index contributed by atoms with van der Waals surface area (Å²) in [7, 11) is 0. The molecule has 160 valence electrons. The van der Waals surface area contributed by atoms with Gasteiger partial charge in [-0.15, -0.1) is 0 Å². The Kier molecular flexibility index (Phi) is 6.88. The van der Waals surface area contributed by atoms with E-state index in [-0.39, 0.29) is 18.2 Å². The molecule has 1 amide bonds. The maximum absolute atomic E-state index is 12.9. The molecule has 0 aliphatic rings. The molecule has 0 saturated heterocycles. The molecule has 4 rings (SSSR count). The Balaban J connectivity index is 1.41. The highest BCUT2D eigenvalue weighted by Gasteiger charge is 2.18. The number of benzene rings is 3. The molecule has 0 aliphatic carbocycles. The first-order chi connectivity index (χ1) is 15.7. The molecule has 0 saturated carbocycles. The van der Waals surface area contributed by atoms with E-state index >= 15 is 0 Å². The van der Waals surface area contributed by atoms with E-state index in [0.717, 1.165) is 22.9 Å². The SMILES string of the molecule is O=C(OCC(=O)N(CCc1ccccc1)Cc1ccccc1)c1ccc2ccccc2n1. The lowest BCUT2D eigenvalue weighted by Gasteiger charge is -2.23. The molecular weight excluding hydrogens is 400 g/mol. The molecule has 5 nitrogen and oxygen atoms in total. The maximum atomic E-state index is 12.9. The first kappa shape index (κ1) is 21.2. The number of para-hydroxylation sites is 1. The van der Waals surface area contributed by atoms with E-state index in [9.17, 15) is 9.59 Å².